The third-order valence-electron chi connectivity index (χ3n) is 6.23. The maximum atomic E-state index is 13.2. The fourth-order valence-electron chi connectivity index (χ4n) is 4.29. The van der Waals surface area contributed by atoms with Crippen LogP contribution < -0.4 is 10.6 Å². The number of anilines is 2. The minimum absolute atomic E-state index is 0.0250. The maximum Gasteiger partial charge on any atom is 0.323 e. The van der Waals surface area contributed by atoms with Crippen molar-refractivity contribution in [2.24, 2.45) is 0 Å². The maximum absolute atomic E-state index is 13.2. The minimum Gasteiger partial charge on any atom is -0.481 e. The summed E-state index contributed by atoms with van der Waals surface area (Å²) >= 11 is 0. The van der Waals surface area contributed by atoms with Gasteiger partial charge in [-0.05, 0) is 55.5 Å². The monoisotopic (exact) mass is 490 g/mol. The van der Waals surface area contributed by atoms with Crippen molar-refractivity contribution in [2.45, 2.75) is 51.5 Å². The van der Waals surface area contributed by atoms with Crippen LogP contribution in [0.1, 0.15) is 54.5 Å². The summed E-state index contributed by atoms with van der Waals surface area (Å²) < 4.78 is 5.79. The number of carboxylic acids is 1. The fraction of sp³-hybridized carbons (Fsp3) is 0.333. The molecule has 1 aromatic heterocycles. The van der Waals surface area contributed by atoms with Gasteiger partial charge in [-0.1, -0.05) is 30.3 Å². The van der Waals surface area contributed by atoms with E-state index in [0.717, 1.165) is 36.1 Å². The topological polar surface area (TPSA) is 125 Å². The molecule has 1 aliphatic heterocycles. The number of rotatable bonds is 8. The molecule has 1 saturated heterocycles. The van der Waals surface area contributed by atoms with Gasteiger partial charge >= 0.3 is 12.0 Å². The van der Waals surface area contributed by atoms with Gasteiger partial charge < -0.3 is 25.1 Å². The van der Waals surface area contributed by atoms with Crippen LogP contribution in [0.2, 0.25) is 0 Å². The lowest BCUT2D eigenvalue weighted by molar-refractivity contribution is -0.137. The minimum atomic E-state index is -0.893. The van der Waals surface area contributed by atoms with Crippen molar-refractivity contribution in [2.75, 3.05) is 17.2 Å². The summed E-state index contributed by atoms with van der Waals surface area (Å²) in [7, 11) is 0. The fourth-order valence-corrected chi connectivity index (χ4v) is 4.29. The predicted molar refractivity (Wildman–Crippen MR) is 135 cm³/mol. The first-order valence-electron chi connectivity index (χ1n) is 12.1. The molecule has 0 radical (unpaired) electrons. The molecule has 2 heterocycles. The van der Waals surface area contributed by atoms with E-state index in [4.69, 9.17) is 9.52 Å². The molecule has 1 atom stereocenters. The van der Waals surface area contributed by atoms with Gasteiger partial charge in [0, 0.05) is 24.3 Å². The largest absolute Gasteiger partial charge is 0.481 e. The second-order valence-corrected chi connectivity index (χ2v) is 8.93. The number of carbonyl (C=O) groups excluding carboxylic acids is 2. The number of aryl methyl sites for hydroxylation is 2. The lowest BCUT2D eigenvalue weighted by Gasteiger charge is -2.34. The predicted octanol–water partition coefficient (Wildman–Crippen LogP) is 4.94. The Bertz CT molecular complexity index is 1220. The lowest BCUT2D eigenvalue weighted by atomic mass is 10.0. The summed E-state index contributed by atoms with van der Waals surface area (Å²) in [5.74, 6) is 0.0566. The molecule has 3 amide bonds. The molecule has 0 aliphatic carbocycles. The number of benzene rings is 2. The molecule has 1 fully saturated rings. The first kappa shape index (κ1) is 25.0. The van der Waals surface area contributed by atoms with Crippen molar-refractivity contribution in [1.29, 1.82) is 0 Å². The van der Waals surface area contributed by atoms with Gasteiger partial charge in [0.2, 0.25) is 11.8 Å². The number of hydrogen-bond acceptors (Lipinski definition) is 5. The number of likely N-dealkylation sites (tertiary alicyclic amines) is 1. The smallest absolute Gasteiger partial charge is 0.323 e. The summed E-state index contributed by atoms with van der Waals surface area (Å²) in [6.45, 7) is 2.55. The molecule has 1 unspecified atom stereocenters. The van der Waals surface area contributed by atoms with E-state index in [-0.39, 0.29) is 37.2 Å². The van der Waals surface area contributed by atoms with Gasteiger partial charge in [-0.15, -0.1) is 0 Å². The van der Waals surface area contributed by atoms with Crippen molar-refractivity contribution < 1.29 is 23.9 Å². The van der Waals surface area contributed by atoms with Gasteiger partial charge in [0.25, 0.3) is 0 Å². The molecule has 1 aliphatic rings. The van der Waals surface area contributed by atoms with Crippen LogP contribution in [0, 0.1) is 6.92 Å². The molecule has 0 bridgehead atoms. The number of oxazole rings is 1. The highest BCUT2D eigenvalue weighted by atomic mass is 16.4. The Hall–Kier alpha value is -4.14. The highest BCUT2D eigenvalue weighted by Gasteiger charge is 2.31. The number of para-hydroxylation sites is 1. The highest BCUT2D eigenvalue weighted by Crippen LogP contribution is 2.31. The Morgan fingerprint density at radius 1 is 1.08 bits per heavy atom. The van der Waals surface area contributed by atoms with E-state index >= 15 is 0 Å². The molecular weight excluding hydrogens is 460 g/mol. The summed E-state index contributed by atoms with van der Waals surface area (Å²) in [6, 6.07) is 14.2. The number of aliphatic carboxylic acids is 1. The zero-order valence-corrected chi connectivity index (χ0v) is 20.2. The van der Waals surface area contributed by atoms with E-state index in [1.54, 1.807) is 23.2 Å². The molecule has 36 heavy (non-hydrogen) atoms. The molecule has 0 saturated carbocycles. The van der Waals surface area contributed by atoms with Crippen molar-refractivity contribution in [3.05, 3.63) is 77.5 Å². The number of aromatic nitrogens is 1. The number of carboxylic acid groups (broad SMARTS) is 1. The number of amides is 3. The second-order valence-electron chi connectivity index (χ2n) is 8.93. The van der Waals surface area contributed by atoms with E-state index in [0.29, 0.717) is 23.9 Å². The number of urea groups is 1. The first-order valence-corrected chi connectivity index (χ1v) is 12.1. The average Bonchev–Trinajstić information content (AvgIpc) is 3.34. The Kier molecular flexibility index (Phi) is 7.99. The molecular formula is C27H30N4O5. The van der Waals surface area contributed by atoms with Gasteiger partial charge in [0.15, 0.2) is 0 Å². The molecule has 9 nitrogen and oxygen atoms in total. The van der Waals surface area contributed by atoms with E-state index in [2.05, 4.69) is 15.6 Å². The molecule has 3 aromatic rings. The zero-order chi connectivity index (χ0) is 25.5. The summed E-state index contributed by atoms with van der Waals surface area (Å²) in [6.07, 6.45) is 4.64. The summed E-state index contributed by atoms with van der Waals surface area (Å²) in [5, 5.41) is 14.5. The molecule has 4 rings (SSSR count). The molecule has 188 valence electrons. The van der Waals surface area contributed by atoms with E-state index in [1.807, 2.05) is 43.3 Å². The van der Waals surface area contributed by atoms with Gasteiger partial charge in [-0.25, -0.2) is 9.78 Å². The van der Waals surface area contributed by atoms with Crippen LogP contribution in [0.5, 0.6) is 0 Å². The number of nitrogens with one attached hydrogen (secondary N) is 2. The Balaban J connectivity index is 1.35. The number of piperidine rings is 1. The Morgan fingerprint density at radius 3 is 2.61 bits per heavy atom. The van der Waals surface area contributed by atoms with Crippen LogP contribution >= 0.6 is 0 Å². The number of nitrogens with zero attached hydrogens (tertiary/aromatic N) is 2. The van der Waals surface area contributed by atoms with Crippen LogP contribution in [0.25, 0.3) is 0 Å². The van der Waals surface area contributed by atoms with Crippen LogP contribution in [-0.2, 0) is 22.4 Å². The van der Waals surface area contributed by atoms with E-state index in [9.17, 15) is 14.4 Å². The van der Waals surface area contributed by atoms with Gasteiger partial charge in [-0.2, -0.15) is 0 Å². The van der Waals surface area contributed by atoms with Crippen molar-refractivity contribution in [3.8, 4) is 0 Å². The van der Waals surface area contributed by atoms with Gasteiger partial charge in [0.1, 0.15) is 11.8 Å². The molecule has 0 spiro atoms. The standard InChI is InChI=1S/C27H30N4O5/c1-18-6-2-3-7-22(18)30-27(35)29-20-11-9-19(10-12-20)16-24(32)31-15-5-4-8-23(31)26-28-17-21(36-26)13-14-25(33)34/h2-3,6-7,9-12,17,23H,4-5,8,13-16H2,1H3,(H,33,34)(H2,29,30,35). The van der Waals surface area contributed by atoms with E-state index in [1.165, 1.54) is 0 Å². The van der Waals surface area contributed by atoms with Gasteiger partial charge in [-0.3, -0.25) is 9.59 Å². The zero-order valence-electron chi connectivity index (χ0n) is 20.2. The van der Waals surface area contributed by atoms with Crippen LogP contribution in [0.3, 0.4) is 0 Å². The van der Waals surface area contributed by atoms with Crippen LogP contribution in [-0.4, -0.2) is 39.4 Å². The SMILES string of the molecule is Cc1ccccc1NC(=O)Nc1ccc(CC(=O)N2CCCCC2c2ncc(CCC(=O)O)o2)cc1. The van der Waals surface area contributed by atoms with Crippen molar-refractivity contribution in [3.63, 3.8) is 0 Å². The number of carbonyl (C=O) groups is 3. The lowest BCUT2D eigenvalue weighted by Crippen LogP contribution is -2.39. The molecule has 3 N–H and O–H groups in total. The highest BCUT2D eigenvalue weighted by molar-refractivity contribution is 6.00. The average molecular weight is 491 g/mol. The first-order chi connectivity index (χ1) is 17.4. The summed E-state index contributed by atoms with van der Waals surface area (Å²) in [5.41, 5.74) is 3.18. The van der Waals surface area contributed by atoms with Gasteiger partial charge in [0.05, 0.1) is 19.0 Å². The van der Waals surface area contributed by atoms with Crippen LogP contribution in [0.4, 0.5) is 16.2 Å². The quantitative estimate of drug-likeness (QED) is 0.411. The second kappa shape index (κ2) is 11.5. The Morgan fingerprint density at radius 2 is 1.86 bits per heavy atom. The number of hydrogen-bond donors (Lipinski definition) is 3. The van der Waals surface area contributed by atoms with Crippen LogP contribution in [0.15, 0.2) is 59.1 Å². The third kappa shape index (κ3) is 6.50. The third-order valence-corrected chi connectivity index (χ3v) is 6.23. The summed E-state index contributed by atoms with van der Waals surface area (Å²) in [4.78, 5) is 42.4. The molecule has 9 heteroatoms. The molecule has 2 aromatic carbocycles. The normalized spacial score (nSPS) is 15.4. The Labute approximate surface area is 209 Å². The van der Waals surface area contributed by atoms with Crippen molar-refractivity contribution in [1.82, 2.24) is 9.88 Å². The van der Waals surface area contributed by atoms with Crippen molar-refractivity contribution >= 4 is 29.3 Å². The van der Waals surface area contributed by atoms with E-state index < -0.39 is 5.97 Å².